The molecule has 1 N–H and O–H groups in total. The van der Waals surface area contributed by atoms with Gasteiger partial charge in [-0.25, -0.2) is 0 Å². The van der Waals surface area contributed by atoms with Gasteiger partial charge in [0, 0.05) is 30.9 Å². The van der Waals surface area contributed by atoms with Gasteiger partial charge in [-0.05, 0) is 79.9 Å². The Hall–Kier alpha value is -3.18. The van der Waals surface area contributed by atoms with Crippen molar-refractivity contribution < 1.29 is 9.53 Å². The highest BCUT2D eigenvalue weighted by molar-refractivity contribution is 5.93. The number of pyridine rings is 1. The molecule has 34 heavy (non-hydrogen) atoms. The van der Waals surface area contributed by atoms with Gasteiger partial charge in [0.2, 0.25) is 5.91 Å². The van der Waals surface area contributed by atoms with Gasteiger partial charge in [-0.15, -0.1) is 0 Å². The van der Waals surface area contributed by atoms with Crippen molar-refractivity contribution in [2.75, 3.05) is 31.6 Å². The number of piperidine rings is 1. The number of rotatable bonds is 5. The normalized spacial score (nSPS) is 21.0. The zero-order chi connectivity index (χ0) is 23.2. The summed E-state index contributed by atoms with van der Waals surface area (Å²) < 4.78 is 6.18. The molecule has 3 heterocycles. The van der Waals surface area contributed by atoms with Crippen LogP contribution < -0.4 is 10.1 Å². The van der Waals surface area contributed by atoms with Gasteiger partial charge in [-0.3, -0.25) is 9.78 Å². The highest BCUT2D eigenvalue weighted by Gasteiger charge is 2.31. The first-order chi connectivity index (χ1) is 16.7. The van der Waals surface area contributed by atoms with Crippen molar-refractivity contribution in [2.45, 2.75) is 32.1 Å². The van der Waals surface area contributed by atoms with E-state index in [2.05, 4.69) is 45.5 Å². The van der Waals surface area contributed by atoms with Gasteiger partial charge in [-0.1, -0.05) is 42.5 Å². The van der Waals surface area contributed by atoms with Crippen LogP contribution in [0, 0.1) is 11.8 Å². The highest BCUT2D eigenvalue weighted by Crippen LogP contribution is 2.35. The lowest BCUT2D eigenvalue weighted by Crippen LogP contribution is -2.42. The maximum Gasteiger partial charge on any atom is 0.224 e. The quantitative estimate of drug-likeness (QED) is 0.557. The number of benzene rings is 2. The first-order valence-corrected chi connectivity index (χ1v) is 12.5. The zero-order valence-electron chi connectivity index (χ0n) is 19.7. The molecule has 2 aliphatic rings. The molecule has 1 saturated heterocycles. The third kappa shape index (κ3) is 5.65. The van der Waals surface area contributed by atoms with Gasteiger partial charge < -0.3 is 15.0 Å². The molecular formula is C29H33N3O2. The van der Waals surface area contributed by atoms with Crippen molar-refractivity contribution >= 4 is 11.6 Å². The molecule has 5 rings (SSSR count). The molecule has 1 fully saturated rings. The van der Waals surface area contributed by atoms with Crippen LogP contribution >= 0.6 is 0 Å². The van der Waals surface area contributed by atoms with Crippen molar-refractivity contribution in [3.05, 3.63) is 78.6 Å². The third-order valence-corrected chi connectivity index (χ3v) is 7.20. The fourth-order valence-corrected chi connectivity index (χ4v) is 5.33. The van der Waals surface area contributed by atoms with Gasteiger partial charge in [-0.2, -0.15) is 0 Å². The summed E-state index contributed by atoms with van der Waals surface area (Å²) in [7, 11) is 0. The Morgan fingerprint density at radius 2 is 1.91 bits per heavy atom. The number of amides is 1. The lowest BCUT2D eigenvalue weighted by atomic mass is 9.81. The molecule has 5 nitrogen and oxygen atoms in total. The molecule has 0 spiro atoms. The summed E-state index contributed by atoms with van der Waals surface area (Å²) in [5.41, 5.74) is 4.21. The maximum absolute atomic E-state index is 13.0. The Balaban J connectivity index is 1.22. The number of likely N-dealkylation sites (tertiary alicyclic amines) is 1. The van der Waals surface area contributed by atoms with Gasteiger partial charge in [0.15, 0.2) is 0 Å². The van der Waals surface area contributed by atoms with Crippen LogP contribution in [0.25, 0.3) is 11.1 Å². The van der Waals surface area contributed by atoms with Crippen molar-refractivity contribution in [1.82, 2.24) is 9.88 Å². The van der Waals surface area contributed by atoms with Crippen LogP contribution in [0.3, 0.4) is 0 Å². The highest BCUT2D eigenvalue weighted by atomic mass is 16.5. The van der Waals surface area contributed by atoms with E-state index in [9.17, 15) is 4.79 Å². The van der Waals surface area contributed by atoms with E-state index in [4.69, 9.17) is 4.74 Å². The van der Waals surface area contributed by atoms with Crippen molar-refractivity contribution in [3.63, 3.8) is 0 Å². The number of carbonyl (C=O) groups excluding carboxylic acids is 1. The molecule has 0 radical (unpaired) electrons. The van der Waals surface area contributed by atoms with E-state index in [-0.39, 0.29) is 5.91 Å². The summed E-state index contributed by atoms with van der Waals surface area (Å²) in [6.07, 6.45) is 8.53. The van der Waals surface area contributed by atoms with Crippen LogP contribution in [0.5, 0.6) is 5.75 Å². The van der Waals surface area contributed by atoms with Gasteiger partial charge in [0.05, 0.1) is 12.3 Å². The van der Waals surface area contributed by atoms with E-state index >= 15 is 0 Å². The largest absolute Gasteiger partial charge is 0.491 e. The summed E-state index contributed by atoms with van der Waals surface area (Å²) in [5, 5.41) is 3.14. The molecule has 1 aromatic heterocycles. The fourth-order valence-electron chi connectivity index (χ4n) is 5.33. The van der Waals surface area contributed by atoms with Crippen LogP contribution in [0.1, 0.15) is 31.2 Å². The summed E-state index contributed by atoms with van der Waals surface area (Å²) in [6, 6.07) is 20.7. The first kappa shape index (κ1) is 22.6. The molecule has 0 bridgehead atoms. The van der Waals surface area contributed by atoms with E-state index in [0.717, 1.165) is 61.5 Å². The van der Waals surface area contributed by atoms with Gasteiger partial charge >= 0.3 is 0 Å². The number of nitrogens with one attached hydrogen (secondary N) is 1. The van der Waals surface area contributed by atoms with Crippen LogP contribution in [0.2, 0.25) is 0 Å². The minimum absolute atomic E-state index is 0.0858. The first-order valence-electron chi connectivity index (χ1n) is 12.5. The predicted octanol–water partition coefficient (Wildman–Crippen LogP) is 5.43. The summed E-state index contributed by atoms with van der Waals surface area (Å²) >= 11 is 0. The van der Waals surface area contributed by atoms with E-state index in [1.165, 1.54) is 12.0 Å². The van der Waals surface area contributed by atoms with Crippen molar-refractivity contribution in [3.8, 4) is 16.9 Å². The standard InChI is InChI=1S/C29H33N3O2/c33-29-19-24-12-16-32(15-5-8-22-6-2-1-3-7-22)21-26(24)13-17-34-28-11-10-23(18-27(28)31-29)25-9-4-14-30-20-25/h1-4,6-7,9-11,14,18,20,24,26H,5,8,12-13,15-17,19,21H2,(H,31,33)/t24-,26-/m0/s1. The number of fused-ring (bicyclic) bond motifs is 2. The average Bonchev–Trinajstić information content (AvgIpc) is 2.87. The van der Waals surface area contributed by atoms with E-state index < -0.39 is 0 Å². The van der Waals surface area contributed by atoms with Crippen molar-refractivity contribution in [1.29, 1.82) is 0 Å². The SMILES string of the molecule is O=C1C[C@@H]2CCN(CCCc3ccccc3)C[C@@H]2CCOc2ccc(-c3cccnc3)cc2N1. The summed E-state index contributed by atoms with van der Waals surface area (Å²) in [4.78, 5) is 19.8. The molecule has 1 amide bonds. The average molecular weight is 456 g/mol. The molecule has 3 aromatic rings. The molecular weight excluding hydrogens is 422 g/mol. The molecule has 5 heteroatoms. The number of carbonyl (C=O) groups is 1. The number of hydrogen-bond donors (Lipinski definition) is 1. The molecule has 2 aromatic carbocycles. The Morgan fingerprint density at radius 3 is 2.76 bits per heavy atom. The minimum atomic E-state index is 0.0858. The van der Waals surface area contributed by atoms with E-state index in [0.29, 0.717) is 24.9 Å². The molecule has 0 aliphatic carbocycles. The van der Waals surface area contributed by atoms with Crippen molar-refractivity contribution in [2.24, 2.45) is 11.8 Å². The second-order valence-corrected chi connectivity index (χ2v) is 9.54. The van der Waals surface area contributed by atoms with Crippen LogP contribution in [0.15, 0.2) is 73.1 Å². The number of aromatic nitrogens is 1. The maximum atomic E-state index is 13.0. The Kier molecular flexibility index (Phi) is 7.20. The smallest absolute Gasteiger partial charge is 0.224 e. The molecule has 2 atom stereocenters. The number of hydrogen-bond acceptors (Lipinski definition) is 4. The van der Waals surface area contributed by atoms with Crippen LogP contribution in [-0.4, -0.2) is 42.0 Å². The summed E-state index contributed by atoms with van der Waals surface area (Å²) in [6.45, 7) is 3.92. The van der Waals surface area contributed by atoms with E-state index in [1.807, 2.05) is 36.5 Å². The fraction of sp³-hybridized carbons (Fsp3) is 0.379. The second kappa shape index (κ2) is 10.8. The second-order valence-electron chi connectivity index (χ2n) is 9.54. The number of ether oxygens (including phenoxy) is 1. The van der Waals surface area contributed by atoms with Gasteiger partial charge in [0.1, 0.15) is 5.75 Å². The number of anilines is 1. The summed E-state index contributed by atoms with van der Waals surface area (Å²) in [5.74, 6) is 1.74. The van der Waals surface area contributed by atoms with Crippen LogP contribution in [0.4, 0.5) is 5.69 Å². The van der Waals surface area contributed by atoms with E-state index in [1.54, 1.807) is 6.20 Å². The Bertz CT molecular complexity index is 1090. The lowest BCUT2D eigenvalue weighted by Gasteiger charge is -2.39. The zero-order valence-corrected chi connectivity index (χ0v) is 19.7. The Labute approximate surface area is 202 Å². The molecule has 2 aliphatic heterocycles. The predicted molar refractivity (Wildman–Crippen MR) is 136 cm³/mol. The topological polar surface area (TPSA) is 54.5 Å². The lowest BCUT2D eigenvalue weighted by molar-refractivity contribution is -0.118. The monoisotopic (exact) mass is 455 g/mol. The third-order valence-electron chi connectivity index (χ3n) is 7.20. The molecule has 0 saturated carbocycles. The Morgan fingerprint density at radius 1 is 1.00 bits per heavy atom. The number of aryl methyl sites for hydroxylation is 1. The molecule has 0 unspecified atom stereocenters. The number of nitrogens with zero attached hydrogens (tertiary/aromatic N) is 2. The van der Waals surface area contributed by atoms with Crippen LogP contribution in [-0.2, 0) is 11.2 Å². The molecule has 176 valence electrons. The minimum Gasteiger partial charge on any atom is -0.491 e. The van der Waals surface area contributed by atoms with Gasteiger partial charge in [0.25, 0.3) is 0 Å².